The number of ether oxygens (including phenoxy) is 1. The Bertz CT molecular complexity index is 577. The number of rotatable bonds is 2. The SMILES string of the molecule is COc1ccc2nc(C(C)(N)C(F)(F)F)sc2c1. The molecular formula is C11H11F3N2OS. The van der Waals surface area contributed by atoms with Gasteiger partial charge in [0.2, 0.25) is 0 Å². The summed E-state index contributed by atoms with van der Waals surface area (Å²) in [4.78, 5) is 3.94. The van der Waals surface area contributed by atoms with E-state index in [0.29, 0.717) is 16.0 Å². The van der Waals surface area contributed by atoms with E-state index in [4.69, 9.17) is 10.5 Å². The van der Waals surface area contributed by atoms with Gasteiger partial charge in [-0.25, -0.2) is 4.98 Å². The summed E-state index contributed by atoms with van der Waals surface area (Å²) in [6, 6.07) is 4.90. The minimum Gasteiger partial charge on any atom is -0.497 e. The minimum atomic E-state index is -4.54. The second kappa shape index (κ2) is 4.10. The van der Waals surface area contributed by atoms with Gasteiger partial charge in [0, 0.05) is 0 Å². The third kappa shape index (κ3) is 2.04. The van der Waals surface area contributed by atoms with Crippen molar-refractivity contribution in [1.82, 2.24) is 4.98 Å². The Labute approximate surface area is 105 Å². The highest BCUT2D eigenvalue weighted by Gasteiger charge is 2.51. The predicted molar refractivity (Wildman–Crippen MR) is 63.8 cm³/mol. The van der Waals surface area contributed by atoms with Crippen molar-refractivity contribution in [2.24, 2.45) is 5.73 Å². The second-order valence-electron chi connectivity index (χ2n) is 4.05. The van der Waals surface area contributed by atoms with Crippen LogP contribution in [-0.2, 0) is 5.54 Å². The van der Waals surface area contributed by atoms with Crippen molar-refractivity contribution in [2.75, 3.05) is 7.11 Å². The molecule has 2 N–H and O–H groups in total. The Morgan fingerprint density at radius 2 is 2.00 bits per heavy atom. The molecule has 0 bridgehead atoms. The van der Waals surface area contributed by atoms with Gasteiger partial charge in [0.25, 0.3) is 0 Å². The van der Waals surface area contributed by atoms with E-state index in [-0.39, 0.29) is 5.01 Å². The Kier molecular flexibility index (Phi) is 2.98. The maximum Gasteiger partial charge on any atom is 0.412 e. The largest absolute Gasteiger partial charge is 0.497 e. The van der Waals surface area contributed by atoms with E-state index in [0.717, 1.165) is 18.3 Å². The molecule has 1 aromatic carbocycles. The zero-order valence-electron chi connectivity index (χ0n) is 9.71. The molecule has 7 heteroatoms. The van der Waals surface area contributed by atoms with Crippen LogP contribution < -0.4 is 10.5 Å². The van der Waals surface area contributed by atoms with Gasteiger partial charge < -0.3 is 10.5 Å². The molecule has 2 rings (SSSR count). The zero-order chi connectivity index (χ0) is 13.6. The van der Waals surface area contributed by atoms with E-state index >= 15 is 0 Å². The van der Waals surface area contributed by atoms with E-state index < -0.39 is 11.7 Å². The molecule has 0 aliphatic carbocycles. The number of aromatic nitrogens is 1. The van der Waals surface area contributed by atoms with Gasteiger partial charge in [-0.2, -0.15) is 13.2 Å². The summed E-state index contributed by atoms with van der Waals surface area (Å²) >= 11 is 0.925. The number of methoxy groups -OCH3 is 1. The highest BCUT2D eigenvalue weighted by atomic mass is 32.1. The van der Waals surface area contributed by atoms with Crippen molar-refractivity contribution in [3.05, 3.63) is 23.2 Å². The van der Waals surface area contributed by atoms with Crippen LogP contribution in [-0.4, -0.2) is 18.3 Å². The Morgan fingerprint density at radius 3 is 2.56 bits per heavy atom. The van der Waals surface area contributed by atoms with Gasteiger partial charge in [-0.3, -0.25) is 0 Å². The summed E-state index contributed by atoms with van der Waals surface area (Å²) in [6.45, 7) is 0.919. The molecule has 18 heavy (non-hydrogen) atoms. The second-order valence-corrected chi connectivity index (χ2v) is 5.08. The lowest BCUT2D eigenvalue weighted by atomic mass is 10.1. The standard InChI is InChI=1S/C11H11F3N2OS/c1-10(15,11(12,13)14)9-16-7-4-3-6(17-2)5-8(7)18-9/h3-5H,15H2,1-2H3. The highest BCUT2D eigenvalue weighted by molar-refractivity contribution is 7.18. The lowest BCUT2D eigenvalue weighted by Gasteiger charge is -2.24. The first-order valence-electron chi connectivity index (χ1n) is 5.06. The van der Waals surface area contributed by atoms with Crippen molar-refractivity contribution in [2.45, 2.75) is 18.6 Å². The number of fused-ring (bicyclic) bond motifs is 1. The lowest BCUT2D eigenvalue weighted by molar-refractivity contribution is -0.184. The lowest BCUT2D eigenvalue weighted by Crippen LogP contribution is -2.47. The fraction of sp³-hybridized carbons (Fsp3) is 0.364. The fourth-order valence-corrected chi connectivity index (χ4v) is 2.45. The van der Waals surface area contributed by atoms with Gasteiger partial charge in [-0.05, 0) is 25.1 Å². The monoisotopic (exact) mass is 276 g/mol. The van der Waals surface area contributed by atoms with E-state index in [1.807, 2.05) is 0 Å². The number of thiazole rings is 1. The van der Waals surface area contributed by atoms with Crippen LogP contribution >= 0.6 is 11.3 Å². The van der Waals surface area contributed by atoms with Crippen molar-refractivity contribution in [3.8, 4) is 5.75 Å². The summed E-state index contributed by atoms with van der Waals surface area (Å²) in [5.41, 5.74) is 3.38. The van der Waals surface area contributed by atoms with Gasteiger partial charge in [-0.15, -0.1) is 11.3 Å². The number of hydrogen-bond donors (Lipinski definition) is 1. The molecule has 1 heterocycles. The van der Waals surface area contributed by atoms with Crippen LogP contribution in [0.15, 0.2) is 18.2 Å². The topological polar surface area (TPSA) is 48.1 Å². The van der Waals surface area contributed by atoms with Gasteiger partial charge >= 0.3 is 6.18 Å². The number of nitrogens with two attached hydrogens (primary N) is 1. The number of benzene rings is 1. The van der Waals surface area contributed by atoms with Crippen molar-refractivity contribution >= 4 is 21.6 Å². The molecule has 0 amide bonds. The first-order valence-corrected chi connectivity index (χ1v) is 5.88. The minimum absolute atomic E-state index is 0.154. The number of halogens is 3. The average molecular weight is 276 g/mol. The van der Waals surface area contributed by atoms with E-state index in [1.165, 1.54) is 7.11 Å². The molecule has 0 fully saturated rings. The Balaban J connectivity index is 2.54. The first kappa shape index (κ1) is 13.1. The number of alkyl halides is 3. The summed E-state index contributed by atoms with van der Waals surface area (Å²) in [7, 11) is 1.49. The van der Waals surface area contributed by atoms with Crippen molar-refractivity contribution in [1.29, 1.82) is 0 Å². The summed E-state index contributed by atoms with van der Waals surface area (Å²) in [5.74, 6) is 0.573. The molecule has 1 unspecified atom stereocenters. The molecule has 1 aromatic heterocycles. The van der Waals surface area contributed by atoms with Gasteiger partial charge in [-0.1, -0.05) is 0 Å². The molecule has 0 saturated carbocycles. The van der Waals surface area contributed by atoms with Crippen LogP contribution in [0, 0.1) is 0 Å². The Hall–Kier alpha value is -1.34. The molecule has 0 spiro atoms. The molecule has 0 aliphatic heterocycles. The summed E-state index contributed by atoms with van der Waals surface area (Å²) in [6.07, 6.45) is -4.54. The van der Waals surface area contributed by atoms with Gasteiger partial charge in [0.15, 0.2) is 5.54 Å². The molecule has 0 radical (unpaired) electrons. The number of nitrogens with zero attached hydrogens (tertiary/aromatic N) is 1. The van der Waals surface area contributed by atoms with Crippen LogP contribution in [0.5, 0.6) is 5.75 Å². The molecule has 1 atom stereocenters. The van der Waals surface area contributed by atoms with Gasteiger partial charge in [0.1, 0.15) is 10.8 Å². The third-order valence-corrected chi connectivity index (χ3v) is 3.88. The maximum absolute atomic E-state index is 12.8. The van der Waals surface area contributed by atoms with Crippen molar-refractivity contribution < 1.29 is 17.9 Å². The van der Waals surface area contributed by atoms with E-state index in [1.54, 1.807) is 18.2 Å². The molecular weight excluding hydrogens is 265 g/mol. The van der Waals surface area contributed by atoms with Crippen molar-refractivity contribution in [3.63, 3.8) is 0 Å². The predicted octanol–water partition coefficient (Wildman–Crippen LogP) is 3.04. The first-order chi connectivity index (χ1) is 8.25. The molecule has 0 aliphatic rings. The normalized spacial score (nSPS) is 15.7. The fourth-order valence-electron chi connectivity index (χ4n) is 1.38. The number of hydrogen-bond acceptors (Lipinski definition) is 4. The molecule has 0 saturated heterocycles. The van der Waals surface area contributed by atoms with Crippen LogP contribution in [0.2, 0.25) is 0 Å². The molecule has 2 aromatic rings. The Morgan fingerprint density at radius 1 is 1.33 bits per heavy atom. The summed E-state index contributed by atoms with van der Waals surface area (Å²) < 4.78 is 44.1. The van der Waals surface area contributed by atoms with Crippen LogP contribution in [0.4, 0.5) is 13.2 Å². The smallest absolute Gasteiger partial charge is 0.412 e. The molecule has 3 nitrogen and oxygen atoms in total. The highest BCUT2D eigenvalue weighted by Crippen LogP contribution is 2.40. The van der Waals surface area contributed by atoms with Crippen LogP contribution in [0.3, 0.4) is 0 Å². The van der Waals surface area contributed by atoms with E-state index in [2.05, 4.69) is 4.98 Å². The van der Waals surface area contributed by atoms with E-state index in [9.17, 15) is 13.2 Å². The quantitative estimate of drug-likeness (QED) is 0.917. The average Bonchev–Trinajstić information content (AvgIpc) is 2.70. The maximum atomic E-state index is 12.8. The summed E-state index contributed by atoms with van der Waals surface area (Å²) in [5, 5.41) is -0.154. The van der Waals surface area contributed by atoms with Gasteiger partial charge in [0.05, 0.1) is 17.3 Å². The molecule has 98 valence electrons. The van der Waals surface area contributed by atoms with Crippen LogP contribution in [0.1, 0.15) is 11.9 Å². The third-order valence-electron chi connectivity index (χ3n) is 2.63. The van der Waals surface area contributed by atoms with Crippen LogP contribution in [0.25, 0.3) is 10.2 Å². The zero-order valence-corrected chi connectivity index (χ0v) is 10.5.